The highest BCUT2D eigenvalue weighted by Gasteiger charge is 1.80. The Morgan fingerprint density at radius 3 is 2.67 bits per heavy atom. The molecule has 36 valence electrons. The van der Waals surface area contributed by atoms with Crippen molar-refractivity contribution >= 4 is 8.61 Å². The van der Waals surface area contributed by atoms with E-state index in [-0.39, 0.29) is 8.61 Å². The van der Waals surface area contributed by atoms with Gasteiger partial charge >= 0.3 is 8.61 Å². The first-order valence-electron chi connectivity index (χ1n) is 2.01. The summed E-state index contributed by atoms with van der Waals surface area (Å²) in [5.41, 5.74) is 0. The Hall–Kier alpha value is 0.0600. The number of nitrogens with one attached hydrogen (secondary N) is 1. The van der Waals surface area contributed by atoms with Crippen LogP contribution in [0.15, 0.2) is 0 Å². The highest BCUT2D eigenvalue weighted by molar-refractivity contribution is 7.21. The van der Waals surface area contributed by atoms with E-state index < -0.39 is 0 Å². The first-order chi connectivity index (χ1) is 2.91. The van der Waals surface area contributed by atoms with Crippen molar-refractivity contribution in [2.75, 3.05) is 6.54 Å². The number of rotatable bonds is 3. The highest BCUT2D eigenvalue weighted by Crippen LogP contribution is 1.79. The van der Waals surface area contributed by atoms with Gasteiger partial charge in [0.1, 0.15) is 0 Å². The predicted molar refractivity (Wildman–Crippen MR) is 27.3 cm³/mol. The topological polar surface area (TPSA) is 29.1 Å². The van der Waals surface area contributed by atoms with E-state index in [9.17, 15) is 4.57 Å². The predicted octanol–water partition coefficient (Wildman–Crippen LogP) is 0.925. The lowest BCUT2D eigenvalue weighted by Gasteiger charge is -1.75. The van der Waals surface area contributed by atoms with E-state index in [1.54, 1.807) is 0 Å². The molecule has 0 aromatic carbocycles. The lowest BCUT2D eigenvalue weighted by molar-refractivity contribution is 0.591. The Kier molecular flexibility index (Phi) is 5.11. The Morgan fingerprint density at radius 1 is 1.83 bits per heavy atom. The summed E-state index contributed by atoms with van der Waals surface area (Å²) < 4.78 is 9.61. The lowest BCUT2D eigenvalue weighted by atomic mass is 10.5. The molecule has 2 nitrogen and oxygen atoms in total. The van der Waals surface area contributed by atoms with Gasteiger partial charge in [0, 0.05) is 6.54 Å². The van der Waals surface area contributed by atoms with E-state index in [1.807, 2.05) is 6.92 Å². The first kappa shape index (κ1) is 6.06. The Bertz CT molecular complexity index is 39.8. The van der Waals surface area contributed by atoms with Crippen LogP contribution in [0.5, 0.6) is 0 Å². The minimum atomic E-state index is -0.335. The summed E-state index contributed by atoms with van der Waals surface area (Å²) in [7, 11) is -0.335. The van der Waals surface area contributed by atoms with E-state index in [0.717, 1.165) is 13.0 Å². The number of hydrogen-bond acceptors (Lipinski definition) is 1. The molecule has 0 heterocycles. The molecule has 0 saturated heterocycles. The third-order valence-corrected chi connectivity index (χ3v) is 0.842. The van der Waals surface area contributed by atoms with Crippen molar-refractivity contribution < 1.29 is 4.57 Å². The Labute approximate surface area is 39.2 Å². The van der Waals surface area contributed by atoms with Gasteiger partial charge in [0.2, 0.25) is 0 Å². The van der Waals surface area contributed by atoms with Crippen LogP contribution in [-0.4, -0.2) is 6.54 Å². The van der Waals surface area contributed by atoms with Crippen molar-refractivity contribution in [2.24, 2.45) is 0 Å². The molecule has 6 heavy (non-hydrogen) atoms. The zero-order chi connectivity index (χ0) is 4.83. The summed E-state index contributed by atoms with van der Waals surface area (Å²) in [6.07, 6.45) is 1.05. The fourth-order valence-electron chi connectivity index (χ4n) is 0.176. The lowest BCUT2D eigenvalue weighted by Crippen LogP contribution is -1.97. The van der Waals surface area contributed by atoms with E-state index in [4.69, 9.17) is 0 Å². The van der Waals surface area contributed by atoms with Gasteiger partial charge in [-0.3, -0.25) is 0 Å². The molecule has 1 atom stereocenters. The first-order valence-corrected chi connectivity index (χ1v) is 2.92. The molecular weight excluding hydrogens is 97.0 g/mol. The van der Waals surface area contributed by atoms with Crippen LogP contribution in [0.3, 0.4) is 0 Å². The van der Waals surface area contributed by atoms with Gasteiger partial charge < -0.3 is 0 Å². The maximum Gasteiger partial charge on any atom is 0.418 e. The molecule has 1 unspecified atom stereocenters. The molecule has 0 saturated carbocycles. The normalized spacial score (nSPS) is 9.50. The van der Waals surface area contributed by atoms with E-state index >= 15 is 0 Å². The van der Waals surface area contributed by atoms with Crippen molar-refractivity contribution in [1.29, 1.82) is 0 Å². The summed E-state index contributed by atoms with van der Waals surface area (Å²) in [5, 5.41) is 2.67. The summed E-state index contributed by atoms with van der Waals surface area (Å²) in [6, 6.07) is 0. The van der Waals surface area contributed by atoms with Gasteiger partial charge in [0.05, 0.1) is 0 Å². The van der Waals surface area contributed by atoms with E-state index in [0.29, 0.717) is 0 Å². The van der Waals surface area contributed by atoms with Crippen molar-refractivity contribution in [2.45, 2.75) is 13.3 Å². The van der Waals surface area contributed by atoms with Crippen LogP contribution < -0.4 is 5.09 Å². The second-order valence-corrected chi connectivity index (χ2v) is 1.59. The molecular formula is C3H9NOP+. The minimum absolute atomic E-state index is 0.335. The van der Waals surface area contributed by atoms with Crippen molar-refractivity contribution in [3.63, 3.8) is 0 Å². The molecule has 0 aromatic rings. The smallest absolute Gasteiger partial charge is 0.111 e. The zero-order valence-electron chi connectivity index (χ0n) is 3.82. The van der Waals surface area contributed by atoms with Gasteiger partial charge in [-0.15, -0.1) is 5.09 Å². The van der Waals surface area contributed by atoms with Crippen LogP contribution in [-0.2, 0) is 4.57 Å². The minimum Gasteiger partial charge on any atom is -0.111 e. The summed E-state index contributed by atoms with van der Waals surface area (Å²) in [6.45, 7) is 2.90. The summed E-state index contributed by atoms with van der Waals surface area (Å²) >= 11 is 0. The maximum absolute atomic E-state index is 9.61. The molecule has 0 spiro atoms. The number of hydrogen-bond donors (Lipinski definition) is 1. The van der Waals surface area contributed by atoms with Crippen LogP contribution >= 0.6 is 8.61 Å². The van der Waals surface area contributed by atoms with Crippen LogP contribution in [0.4, 0.5) is 0 Å². The standard InChI is InChI=1S/C3H8NOP/c1-2-3-4-6-5/h2-3H2,1H3,(H,4,5)/p+1. The Balaban J connectivity index is 2.49. The van der Waals surface area contributed by atoms with Crippen LogP contribution in [0.1, 0.15) is 13.3 Å². The monoisotopic (exact) mass is 106 g/mol. The molecule has 0 radical (unpaired) electrons. The van der Waals surface area contributed by atoms with Gasteiger partial charge in [0.15, 0.2) is 0 Å². The third kappa shape index (κ3) is 4.06. The van der Waals surface area contributed by atoms with Gasteiger partial charge in [-0.05, 0) is 6.42 Å². The van der Waals surface area contributed by atoms with Crippen LogP contribution in [0, 0.1) is 0 Å². The van der Waals surface area contributed by atoms with Crippen molar-refractivity contribution in [3.8, 4) is 0 Å². The molecule has 0 aliphatic carbocycles. The van der Waals surface area contributed by atoms with Crippen molar-refractivity contribution in [1.82, 2.24) is 5.09 Å². The van der Waals surface area contributed by atoms with Gasteiger partial charge in [-0.1, -0.05) is 11.5 Å². The zero-order valence-corrected chi connectivity index (χ0v) is 4.82. The SMILES string of the molecule is CCCN[PH+]=O. The maximum atomic E-state index is 9.61. The second kappa shape index (κ2) is 5.06. The largest absolute Gasteiger partial charge is 0.418 e. The molecule has 0 bridgehead atoms. The molecule has 0 aliphatic heterocycles. The van der Waals surface area contributed by atoms with Crippen LogP contribution in [0.25, 0.3) is 0 Å². The van der Waals surface area contributed by atoms with Gasteiger partial charge in [-0.2, -0.15) is 0 Å². The second-order valence-electron chi connectivity index (χ2n) is 1.03. The molecule has 0 fully saturated rings. The Morgan fingerprint density at radius 2 is 2.50 bits per heavy atom. The summed E-state index contributed by atoms with van der Waals surface area (Å²) in [4.78, 5) is 0. The molecule has 0 amide bonds. The van der Waals surface area contributed by atoms with E-state index in [2.05, 4.69) is 5.09 Å². The third-order valence-electron chi connectivity index (χ3n) is 0.447. The fourth-order valence-corrected chi connectivity index (χ4v) is 0.528. The fraction of sp³-hybridized carbons (Fsp3) is 1.00. The average Bonchev–Trinajstić information content (AvgIpc) is 1.61. The molecule has 3 heteroatoms. The molecule has 1 N–H and O–H groups in total. The van der Waals surface area contributed by atoms with Gasteiger partial charge in [-0.25, -0.2) is 0 Å². The summed E-state index contributed by atoms with van der Waals surface area (Å²) in [5.74, 6) is 0. The highest BCUT2D eigenvalue weighted by atomic mass is 31.1. The molecule has 0 aliphatic rings. The van der Waals surface area contributed by atoms with Gasteiger partial charge in [0.25, 0.3) is 0 Å². The quantitative estimate of drug-likeness (QED) is 0.428. The molecule has 0 aromatic heterocycles. The van der Waals surface area contributed by atoms with Crippen LogP contribution in [0.2, 0.25) is 0 Å². The molecule has 0 rings (SSSR count). The van der Waals surface area contributed by atoms with Crippen molar-refractivity contribution in [3.05, 3.63) is 0 Å². The average molecular weight is 106 g/mol. The van der Waals surface area contributed by atoms with E-state index in [1.165, 1.54) is 0 Å².